The van der Waals surface area contributed by atoms with Crippen molar-refractivity contribution in [2.45, 2.75) is 32.9 Å². The van der Waals surface area contributed by atoms with E-state index in [1.165, 1.54) is 29.2 Å². The van der Waals surface area contributed by atoms with Gasteiger partial charge in [0, 0.05) is 29.6 Å². The molecule has 2 aromatic rings. The summed E-state index contributed by atoms with van der Waals surface area (Å²) in [4.78, 5) is 0. The van der Waals surface area contributed by atoms with Crippen molar-refractivity contribution in [3.05, 3.63) is 47.3 Å². The first-order chi connectivity index (χ1) is 9.75. The molecule has 1 saturated heterocycles. The average Bonchev–Trinajstić information content (AvgIpc) is 3.07. The number of rotatable bonds is 4. The van der Waals surface area contributed by atoms with Gasteiger partial charge in [0.05, 0.1) is 11.4 Å². The van der Waals surface area contributed by atoms with E-state index in [1.807, 2.05) is 17.8 Å². The standard InChI is InChI=1S/C16H21N3S/c1-12-16(10-17-14-8-9-20-11-14)13(2)19(18-12)15-6-4-3-5-7-15/h3-7,14,17H,8-11H2,1-2H3. The SMILES string of the molecule is Cc1nn(-c2ccccc2)c(C)c1CNC1CCSC1. The molecule has 3 nitrogen and oxygen atoms in total. The molecule has 0 bridgehead atoms. The summed E-state index contributed by atoms with van der Waals surface area (Å²) < 4.78 is 2.05. The molecule has 1 aromatic heterocycles. The van der Waals surface area contributed by atoms with Gasteiger partial charge in [-0.1, -0.05) is 18.2 Å². The van der Waals surface area contributed by atoms with Gasteiger partial charge in [-0.05, 0) is 38.2 Å². The number of aromatic nitrogens is 2. The Morgan fingerprint density at radius 2 is 2.10 bits per heavy atom. The summed E-state index contributed by atoms with van der Waals surface area (Å²) in [6.07, 6.45) is 1.29. The quantitative estimate of drug-likeness (QED) is 0.937. The third kappa shape index (κ3) is 2.76. The van der Waals surface area contributed by atoms with E-state index < -0.39 is 0 Å². The van der Waals surface area contributed by atoms with E-state index in [0.717, 1.165) is 17.9 Å². The molecule has 0 radical (unpaired) electrons. The summed E-state index contributed by atoms with van der Waals surface area (Å²) >= 11 is 2.04. The second-order valence-corrected chi connectivity index (χ2v) is 6.49. The van der Waals surface area contributed by atoms with Gasteiger partial charge in [0.25, 0.3) is 0 Å². The molecular formula is C16H21N3S. The summed E-state index contributed by atoms with van der Waals surface area (Å²) in [6.45, 7) is 5.19. The van der Waals surface area contributed by atoms with Gasteiger partial charge in [-0.15, -0.1) is 0 Å². The van der Waals surface area contributed by atoms with Gasteiger partial charge in [-0.3, -0.25) is 0 Å². The van der Waals surface area contributed by atoms with Crippen molar-refractivity contribution in [3.8, 4) is 5.69 Å². The Balaban J connectivity index is 1.79. The maximum atomic E-state index is 4.70. The lowest BCUT2D eigenvalue weighted by Gasteiger charge is -2.11. The van der Waals surface area contributed by atoms with Crippen LogP contribution in [0.15, 0.2) is 30.3 Å². The minimum atomic E-state index is 0.666. The first-order valence-electron chi connectivity index (χ1n) is 7.17. The van der Waals surface area contributed by atoms with Crippen LogP contribution in [0.5, 0.6) is 0 Å². The highest BCUT2D eigenvalue weighted by atomic mass is 32.2. The van der Waals surface area contributed by atoms with Crippen LogP contribution >= 0.6 is 11.8 Å². The normalized spacial score (nSPS) is 18.6. The third-order valence-electron chi connectivity index (χ3n) is 3.94. The van der Waals surface area contributed by atoms with E-state index in [0.29, 0.717) is 6.04 Å². The number of nitrogens with one attached hydrogen (secondary N) is 1. The average molecular weight is 287 g/mol. The van der Waals surface area contributed by atoms with Crippen molar-refractivity contribution < 1.29 is 0 Å². The van der Waals surface area contributed by atoms with Crippen LogP contribution in [0.3, 0.4) is 0 Å². The van der Waals surface area contributed by atoms with Gasteiger partial charge in [0.15, 0.2) is 0 Å². The van der Waals surface area contributed by atoms with E-state index in [9.17, 15) is 0 Å². The highest BCUT2D eigenvalue weighted by Gasteiger charge is 2.17. The highest BCUT2D eigenvalue weighted by Crippen LogP contribution is 2.20. The van der Waals surface area contributed by atoms with Crippen LogP contribution in [0.2, 0.25) is 0 Å². The van der Waals surface area contributed by atoms with Crippen LogP contribution in [0.4, 0.5) is 0 Å². The minimum absolute atomic E-state index is 0.666. The maximum Gasteiger partial charge on any atom is 0.0648 e. The van der Waals surface area contributed by atoms with Gasteiger partial charge in [-0.2, -0.15) is 16.9 Å². The fourth-order valence-corrected chi connectivity index (χ4v) is 3.88. The monoisotopic (exact) mass is 287 g/mol. The van der Waals surface area contributed by atoms with Crippen molar-refractivity contribution in [2.24, 2.45) is 0 Å². The first kappa shape index (κ1) is 13.7. The molecule has 3 rings (SSSR count). The zero-order valence-electron chi connectivity index (χ0n) is 12.1. The first-order valence-corrected chi connectivity index (χ1v) is 8.33. The zero-order chi connectivity index (χ0) is 13.9. The number of aryl methyl sites for hydroxylation is 1. The predicted octanol–water partition coefficient (Wildman–Crippen LogP) is 3.08. The summed E-state index contributed by atoms with van der Waals surface area (Å²) in [5, 5.41) is 8.37. The lowest BCUT2D eigenvalue weighted by molar-refractivity contribution is 0.555. The Morgan fingerprint density at radius 1 is 1.30 bits per heavy atom. The van der Waals surface area contributed by atoms with Gasteiger partial charge >= 0.3 is 0 Å². The summed E-state index contributed by atoms with van der Waals surface area (Å²) in [5.74, 6) is 2.53. The number of para-hydroxylation sites is 1. The fourth-order valence-electron chi connectivity index (χ4n) is 2.69. The lowest BCUT2D eigenvalue weighted by atomic mass is 10.1. The van der Waals surface area contributed by atoms with Crippen molar-refractivity contribution in [1.82, 2.24) is 15.1 Å². The number of hydrogen-bond acceptors (Lipinski definition) is 3. The molecule has 2 heterocycles. The van der Waals surface area contributed by atoms with E-state index in [2.05, 4.69) is 48.1 Å². The van der Waals surface area contributed by atoms with Crippen molar-refractivity contribution in [2.75, 3.05) is 11.5 Å². The Morgan fingerprint density at radius 3 is 2.80 bits per heavy atom. The van der Waals surface area contributed by atoms with E-state index in [1.54, 1.807) is 0 Å². The fraction of sp³-hybridized carbons (Fsp3) is 0.438. The predicted molar refractivity (Wildman–Crippen MR) is 85.6 cm³/mol. The lowest BCUT2D eigenvalue weighted by Crippen LogP contribution is -2.28. The molecule has 1 unspecified atom stereocenters. The zero-order valence-corrected chi connectivity index (χ0v) is 12.9. The van der Waals surface area contributed by atoms with Crippen LogP contribution in [-0.2, 0) is 6.54 Å². The summed E-state index contributed by atoms with van der Waals surface area (Å²) in [5.41, 5.74) is 4.85. The Bertz CT molecular complexity index is 571. The molecule has 4 heteroatoms. The topological polar surface area (TPSA) is 29.9 Å². The molecule has 106 valence electrons. The maximum absolute atomic E-state index is 4.70. The molecule has 1 fully saturated rings. The van der Waals surface area contributed by atoms with Crippen LogP contribution in [-0.4, -0.2) is 27.3 Å². The van der Waals surface area contributed by atoms with Gasteiger partial charge < -0.3 is 5.32 Å². The van der Waals surface area contributed by atoms with Crippen LogP contribution in [0.25, 0.3) is 5.69 Å². The molecular weight excluding hydrogens is 266 g/mol. The number of benzene rings is 1. The summed E-state index contributed by atoms with van der Waals surface area (Å²) in [7, 11) is 0. The van der Waals surface area contributed by atoms with Crippen LogP contribution in [0.1, 0.15) is 23.4 Å². The molecule has 0 spiro atoms. The Labute approximate surface area is 124 Å². The van der Waals surface area contributed by atoms with Crippen LogP contribution in [0, 0.1) is 13.8 Å². The molecule has 1 aromatic carbocycles. The molecule has 0 aliphatic carbocycles. The van der Waals surface area contributed by atoms with Gasteiger partial charge in [0.1, 0.15) is 0 Å². The molecule has 1 aliphatic rings. The van der Waals surface area contributed by atoms with E-state index >= 15 is 0 Å². The molecule has 0 saturated carbocycles. The largest absolute Gasteiger partial charge is 0.309 e. The molecule has 0 amide bonds. The van der Waals surface area contributed by atoms with Crippen LogP contribution < -0.4 is 5.32 Å². The molecule has 1 aliphatic heterocycles. The number of hydrogen-bond donors (Lipinski definition) is 1. The second kappa shape index (κ2) is 6.02. The van der Waals surface area contributed by atoms with E-state index in [4.69, 9.17) is 5.10 Å². The summed E-state index contributed by atoms with van der Waals surface area (Å²) in [6, 6.07) is 11.0. The number of nitrogens with zero attached hydrogens (tertiary/aromatic N) is 2. The van der Waals surface area contributed by atoms with E-state index in [-0.39, 0.29) is 0 Å². The van der Waals surface area contributed by atoms with Gasteiger partial charge in [-0.25, -0.2) is 4.68 Å². The smallest absolute Gasteiger partial charge is 0.0648 e. The van der Waals surface area contributed by atoms with Crippen molar-refractivity contribution in [1.29, 1.82) is 0 Å². The molecule has 1 N–H and O–H groups in total. The highest BCUT2D eigenvalue weighted by molar-refractivity contribution is 7.99. The Hall–Kier alpha value is -1.26. The van der Waals surface area contributed by atoms with Crippen molar-refractivity contribution >= 4 is 11.8 Å². The van der Waals surface area contributed by atoms with Crippen molar-refractivity contribution in [3.63, 3.8) is 0 Å². The second-order valence-electron chi connectivity index (χ2n) is 5.34. The number of thioether (sulfide) groups is 1. The third-order valence-corrected chi connectivity index (χ3v) is 5.10. The van der Waals surface area contributed by atoms with Gasteiger partial charge in [0.2, 0.25) is 0 Å². The Kier molecular flexibility index (Phi) is 4.13. The minimum Gasteiger partial charge on any atom is -0.309 e. The molecule has 20 heavy (non-hydrogen) atoms. The molecule has 1 atom stereocenters.